The largest absolute Gasteiger partial charge is 0.493 e. The number of aromatic nitrogens is 2. The third-order valence-corrected chi connectivity index (χ3v) is 9.02. The van der Waals surface area contributed by atoms with E-state index in [2.05, 4.69) is 39.6 Å². The number of hydrogen-bond donors (Lipinski definition) is 3. The van der Waals surface area contributed by atoms with E-state index >= 15 is 0 Å². The van der Waals surface area contributed by atoms with E-state index in [1.54, 1.807) is 18.3 Å². The Morgan fingerprint density at radius 1 is 1.11 bits per heavy atom. The molecule has 6 nitrogen and oxygen atoms in total. The quantitative estimate of drug-likeness (QED) is 0.214. The number of carboxylic acid groups (broad SMARTS) is 1. The van der Waals surface area contributed by atoms with Gasteiger partial charge >= 0.3 is 5.97 Å². The van der Waals surface area contributed by atoms with E-state index in [0.717, 1.165) is 54.6 Å². The van der Waals surface area contributed by atoms with Gasteiger partial charge in [0.2, 0.25) is 0 Å². The van der Waals surface area contributed by atoms with Crippen molar-refractivity contribution < 1.29 is 14.6 Å². The van der Waals surface area contributed by atoms with Gasteiger partial charge in [0.15, 0.2) is 0 Å². The zero-order valence-electron chi connectivity index (χ0n) is 21.3. The van der Waals surface area contributed by atoms with E-state index in [0.29, 0.717) is 30.4 Å². The van der Waals surface area contributed by atoms with Crippen LogP contribution in [-0.2, 0) is 16.6 Å². The van der Waals surface area contributed by atoms with Gasteiger partial charge in [-0.05, 0) is 97.7 Å². The number of anilines is 1. The molecule has 4 aromatic rings. The molecule has 7 heteroatoms. The predicted octanol–water partition coefficient (Wildman–Crippen LogP) is 7.00. The van der Waals surface area contributed by atoms with Crippen LogP contribution in [0.3, 0.4) is 0 Å². The van der Waals surface area contributed by atoms with Crippen LogP contribution in [0.15, 0.2) is 73.1 Å². The molecule has 0 radical (unpaired) electrons. The average molecular weight is 530 g/mol. The van der Waals surface area contributed by atoms with Crippen LogP contribution in [0, 0.1) is 5.92 Å². The number of benzene rings is 2. The molecule has 1 spiro atoms. The fourth-order valence-corrected chi connectivity index (χ4v) is 7.04. The highest BCUT2D eigenvalue weighted by Crippen LogP contribution is 2.55. The van der Waals surface area contributed by atoms with E-state index in [1.807, 2.05) is 30.5 Å². The zero-order valence-corrected chi connectivity index (χ0v) is 22.0. The summed E-state index contributed by atoms with van der Waals surface area (Å²) in [6.45, 7) is 0.641. The number of carboxylic acids is 1. The third-order valence-electron chi connectivity index (χ3n) is 8.79. The van der Waals surface area contributed by atoms with Gasteiger partial charge in [0.1, 0.15) is 16.9 Å². The summed E-state index contributed by atoms with van der Waals surface area (Å²) in [6, 6.07) is 20.0. The highest BCUT2D eigenvalue weighted by molar-refractivity contribution is 6.30. The maximum absolute atomic E-state index is 12.6. The Labute approximate surface area is 227 Å². The minimum absolute atomic E-state index is 0.00384. The lowest BCUT2D eigenvalue weighted by atomic mass is 9.60. The van der Waals surface area contributed by atoms with Crippen molar-refractivity contribution in [3.63, 3.8) is 0 Å². The average Bonchev–Trinajstić information content (AvgIpc) is 3.52. The number of fused-ring (bicyclic) bond motifs is 3. The Bertz CT molecular complexity index is 1460. The van der Waals surface area contributed by atoms with Crippen molar-refractivity contribution >= 4 is 34.3 Å². The minimum atomic E-state index is -0.996. The van der Waals surface area contributed by atoms with Crippen LogP contribution in [0.4, 0.5) is 5.69 Å². The van der Waals surface area contributed by atoms with Crippen molar-refractivity contribution in [2.75, 3.05) is 11.9 Å². The Hall–Kier alpha value is -3.51. The van der Waals surface area contributed by atoms with E-state index in [-0.39, 0.29) is 5.41 Å². The molecule has 2 aliphatic rings. The van der Waals surface area contributed by atoms with E-state index < -0.39 is 11.5 Å². The van der Waals surface area contributed by atoms with Gasteiger partial charge in [-0.3, -0.25) is 0 Å². The van der Waals surface area contributed by atoms with Gasteiger partial charge < -0.3 is 20.1 Å². The molecule has 3 N–H and O–H groups in total. The number of rotatable bonds is 8. The van der Waals surface area contributed by atoms with Crippen LogP contribution >= 0.6 is 11.6 Å². The van der Waals surface area contributed by atoms with Gasteiger partial charge in [-0.1, -0.05) is 41.9 Å². The van der Waals surface area contributed by atoms with Gasteiger partial charge in [0, 0.05) is 23.1 Å². The lowest BCUT2D eigenvalue weighted by Gasteiger charge is -2.47. The number of hydrogen-bond acceptors (Lipinski definition) is 4. The van der Waals surface area contributed by atoms with Crippen LogP contribution in [0.1, 0.15) is 49.7 Å². The Morgan fingerprint density at radius 2 is 1.95 bits per heavy atom. The van der Waals surface area contributed by atoms with Gasteiger partial charge in [-0.15, -0.1) is 0 Å². The molecule has 2 heterocycles. The summed E-state index contributed by atoms with van der Waals surface area (Å²) >= 11 is 6.18. The minimum Gasteiger partial charge on any atom is -0.493 e. The number of carbonyl (C=O) groups is 1. The van der Waals surface area contributed by atoms with Crippen LogP contribution in [0.5, 0.6) is 5.75 Å². The molecule has 196 valence electrons. The van der Waals surface area contributed by atoms with Crippen molar-refractivity contribution in [1.82, 2.24) is 9.97 Å². The summed E-state index contributed by atoms with van der Waals surface area (Å²) in [4.78, 5) is 20.1. The van der Waals surface area contributed by atoms with Gasteiger partial charge in [-0.25, -0.2) is 9.78 Å². The van der Waals surface area contributed by atoms with E-state index in [1.165, 1.54) is 11.1 Å². The SMILES string of the molecule is O=C(O)C1(Nc2cccc(Cl)c2)CCC2(CC1)c1ccccc1CC2CCCOc1ccnc2[nH]ccc12. The standard InChI is InChI=1S/C31H32ClN3O3/c32-23-7-3-8-24(20-23)35-31(29(36)37)14-12-30(13-15-31)22(19-21-5-1-2-9-26(21)30)6-4-18-38-27-11-17-34-28-25(27)10-16-33-28/h1-3,5,7-11,16-17,20,22,35H,4,6,12-15,18-19H2,(H,33,34)(H,36,37). The number of aliphatic carboxylic acids is 1. The smallest absolute Gasteiger partial charge is 0.329 e. The maximum atomic E-state index is 12.6. The van der Waals surface area contributed by atoms with E-state index in [4.69, 9.17) is 16.3 Å². The highest BCUT2D eigenvalue weighted by Gasteiger charge is 2.53. The second kappa shape index (κ2) is 9.99. The summed E-state index contributed by atoms with van der Waals surface area (Å²) in [6.07, 6.45) is 9.48. The van der Waals surface area contributed by atoms with Gasteiger partial charge in [-0.2, -0.15) is 0 Å². The number of aromatic amines is 1. The molecule has 38 heavy (non-hydrogen) atoms. The molecule has 2 aromatic carbocycles. The molecule has 2 aromatic heterocycles. The topological polar surface area (TPSA) is 87.2 Å². The number of ether oxygens (including phenoxy) is 1. The molecule has 0 amide bonds. The summed E-state index contributed by atoms with van der Waals surface area (Å²) in [7, 11) is 0. The van der Waals surface area contributed by atoms with Crippen molar-refractivity contribution in [2.45, 2.75) is 55.9 Å². The summed E-state index contributed by atoms with van der Waals surface area (Å²) < 4.78 is 6.17. The molecule has 0 saturated heterocycles. The molecule has 0 aliphatic heterocycles. The van der Waals surface area contributed by atoms with Crippen LogP contribution in [0.2, 0.25) is 5.02 Å². The second-order valence-corrected chi connectivity index (χ2v) is 11.2. The number of nitrogens with zero attached hydrogens (tertiary/aromatic N) is 1. The Balaban J connectivity index is 1.18. The molecule has 0 bridgehead atoms. The molecule has 1 unspecified atom stereocenters. The Kier molecular flexibility index (Phi) is 6.52. The Morgan fingerprint density at radius 3 is 2.76 bits per heavy atom. The molecular weight excluding hydrogens is 498 g/mol. The monoisotopic (exact) mass is 529 g/mol. The first kappa shape index (κ1) is 24.8. The fraction of sp³-hybridized carbons (Fsp3) is 0.355. The second-order valence-electron chi connectivity index (χ2n) is 10.8. The van der Waals surface area contributed by atoms with Crippen molar-refractivity contribution in [3.8, 4) is 5.75 Å². The van der Waals surface area contributed by atoms with Crippen LogP contribution in [-0.4, -0.2) is 33.2 Å². The van der Waals surface area contributed by atoms with Crippen molar-refractivity contribution in [1.29, 1.82) is 0 Å². The summed E-state index contributed by atoms with van der Waals surface area (Å²) in [5, 5.41) is 15.3. The number of nitrogens with one attached hydrogen (secondary N) is 2. The lowest BCUT2D eigenvalue weighted by Crippen LogP contribution is -2.53. The number of pyridine rings is 1. The van der Waals surface area contributed by atoms with Gasteiger partial charge in [0.25, 0.3) is 0 Å². The van der Waals surface area contributed by atoms with E-state index in [9.17, 15) is 9.90 Å². The fourth-order valence-electron chi connectivity index (χ4n) is 6.85. The summed E-state index contributed by atoms with van der Waals surface area (Å²) in [5.74, 6) is 0.528. The summed E-state index contributed by atoms with van der Waals surface area (Å²) in [5.41, 5.74) is 3.41. The number of H-pyrrole nitrogens is 1. The molecular formula is C31H32ClN3O3. The predicted molar refractivity (Wildman–Crippen MR) is 150 cm³/mol. The first-order valence-electron chi connectivity index (χ1n) is 13.4. The molecule has 2 aliphatic carbocycles. The molecule has 1 fully saturated rings. The molecule has 1 saturated carbocycles. The highest BCUT2D eigenvalue weighted by atomic mass is 35.5. The van der Waals surface area contributed by atoms with Crippen molar-refractivity contribution in [2.24, 2.45) is 5.92 Å². The normalized spacial score (nSPS) is 24.4. The van der Waals surface area contributed by atoms with Gasteiger partial charge in [0.05, 0.1) is 12.0 Å². The first-order chi connectivity index (χ1) is 18.5. The third kappa shape index (κ3) is 4.41. The van der Waals surface area contributed by atoms with Crippen molar-refractivity contribution in [3.05, 3.63) is 89.2 Å². The lowest BCUT2D eigenvalue weighted by molar-refractivity contribution is -0.144. The van der Waals surface area contributed by atoms with Crippen LogP contribution < -0.4 is 10.1 Å². The first-order valence-corrected chi connectivity index (χ1v) is 13.8. The maximum Gasteiger partial charge on any atom is 0.329 e. The van der Waals surface area contributed by atoms with Crippen LogP contribution in [0.25, 0.3) is 11.0 Å². The molecule has 6 rings (SSSR count). The molecule has 1 atom stereocenters. The number of halogens is 1. The zero-order chi connectivity index (χ0) is 26.2.